The number of hydrogen-bond donors (Lipinski definition) is 1. The third-order valence-corrected chi connectivity index (χ3v) is 5.47. The van der Waals surface area contributed by atoms with Gasteiger partial charge in [0.15, 0.2) is 0 Å². The lowest BCUT2D eigenvalue weighted by Gasteiger charge is -2.24. The molecule has 128 valence electrons. The number of H-pyrrole nitrogens is 1. The molecule has 2 unspecified atom stereocenters. The van der Waals surface area contributed by atoms with E-state index in [1.165, 1.54) is 6.07 Å². The van der Waals surface area contributed by atoms with E-state index < -0.39 is 5.41 Å². The number of carbonyl (C=O) groups excluding carboxylic acids is 1. The number of carbonyl (C=O) groups is 1. The number of fused-ring (bicyclic) bond motifs is 4. The summed E-state index contributed by atoms with van der Waals surface area (Å²) in [6, 6.07) is 9.27. The van der Waals surface area contributed by atoms with Gasteiger partial charge in [0.25, 0.3) is 0 Å². The zero-order valence-corrected chi connectivity index (χ0v) is 13.7. The average Bonchev–Trinajstić information content (AvgIpc) is 3.32. The zero-order valence-electron chi connectivity index (χ0n) is 13.7. The van der Waals surface area contributed by atoms with Gasteiger partial charge >= 0.3 is 0 Å². The monoisotopic (exact) mass is 338 g/mol. The highest BCUT2D eigenvalue weighted by atomic mass is 16.5. The minimum atomic E-state index is -0.932. The highest BCUT2D eigenvalue weighted by Gasteiger charge is 2.57. The summed E-state index contributed by atoms with van der Waals surface area (Å²) in [5.41, 5.74) is 1.29. The molecule has 0 saturated carbocycles. The van der Waals surface area contributed by atoms with Crippen molar-refractivity contribution in [2.45, 2.75) is 24.4 Å². The molecule has 1 amide bonds. The standard InChI is InChI=1S/C19H18N2O4/c22-17-8-14-16(9-20-17)25-11-19(14)13-5-1-2-6-15(13)21(18(19)23)10-12-4-3-7-24-12/h1-2,5-6,8-9,12H,3-4,7,10-11H2,(H,20,22). The third-order valence-electron chi connectivity index (χ3n) is 5.47. The van der Waals surface area contributed by atoms with Crippen LogP contribution in [-0.2, 0) is 14.9 Å². The van der Waals surface area contributed by atoms with Crippen LogP contribution < -0.4 is 15.2 Å². The van der Waals surface area contributed by atoms with E-state index in [-0.39, 0.29) is 24.2 Å². The minimum absolute atomic E-state index is 0.0337. The highest BCUT2D eigenvalue weighted by molar-refractivity contribution is 6.11. The molecule has 2 aromatic rings. The first-order valence-corrected chi connectivity index (χ1v) is 8.59. The van der Waals surface area contributed by atoms with Gasteiger partial charge in [-0.05, 0) is 24.5 Å². The van der Waals surface area contributed by atoms with Crippen LogP contribution in [0.5, 0.6) is 5.75 Å². The van der Waals surface area contributed by atoms with Crippen LogP contribution in [0.25, 0.3) is 0 Å². The second kappa shape index (κ2) is 5.20. The number of pyridine rings is 1. The molecule has 1 N–H and O–H groups in total. The Morgan fingerprint density at radius 3 is 2.96 bits per heavy atom. The number of benzene rings is 1. The molecule has 6 heteroatoms. The maximum absolute atomic E-state index is 13.5. The van der Waals surface area contributed by atoms with E-state index in [0.29, 0.717) is 17.9 Å². The van der Waals surface area contributed by atoms with Crippen molar-refractivity contribution in [3.63, 3.8) is 0 Å². The van der Waals surface area contributed by atoms with Gasteiger partial charge in [0, 0.05) is 30.1 Å². The number of para-hydroxylation sites is 1. The third kappa shape index (κ3) is 1.94. The van der Waals surface area contributed by atoms with Crippen LogP contribution in [0.3, 0.4) is 0 Å². The van der Waals surface area contributed by atoms with E-state index in [4.69, 9.17) is 9.47 Å². The first-order valence-electron chi connectivity index (χ1n) is 8.59. The fourth-order valence-electron chi connectivity index (χ4n) is 4.27. The fourth-order valence-corrected chi connectivity index (χ4v) is 4.27. The lowest BCUT2D eigenvalue weighted by Crippen LogP contribution is -2.45. The van der Waals surface area contributed by atoms with E-state index in [9.17, 15) is 9.59 Å². The van der Waals surface area contributed by atoms with Crippen molar-refractivity contribution >= 4 is 11.6 Å². The maximum atomic E-state index is 13.5. The van der Waals surface area contributed by atoms with Crippen LogP contribution in [0.15, 0.2) is 41.3 Å². The van der Waals surface area contributed by atoms with Gasteiger partial charge in [-0.2, -0.15) is 0 Å². The number of anilines is 1. The summed E-state index contributed by atoms with van der Waals surface area (Å²) in [7, 11) is 0. The summed E-state index contributed by atoms with van der Waals surface area (Å²) in [5.74, 6) is 0.537. The smallest absolute Gasteiger partial charge is 0.248 e. The van der Waals surface area contributed by atoms with Gasteiger partial charge in [0.1, 0.15) is 17.8 Å². The molecule has 0 aliphatic carbocycles. The van der Waals surface area contributed by atoms with Crippen molar-refractivity contribution in [1.82, 2.24) is 4.98 Å². The number of rotatable bonds is 2. The quantitative estimate of drug-likeness (QED) is 0.902. The largest absolute Gasteiger partial charge is 0.490 e. The van der Waals surface area contributed by atoms with Gasteiger partial charge in [0.05, 0.1) is 12.6 Å². The first-order chi connectivity index (χ1) is 12.2. The number of nitrogens with one attached hydrogen (secondary N) is 1. The molecule has 1 spiro atoms. The van der Waals surface area contributed by atoms with Crippen molar-refractivity contribution in [2.75, 3.05) is 24.7 Å². The Morgan fingerprint density at radius 1 is 1.24 bits per heavy atom. The summed E-state index contributed by atoms with van der Waals surface area (Å²) >= 11 is 0. The molecule has 6 nitrogen and oxygen atoms in total. The van der Waals surface area contributed by atoms with Gasteiger partial charge in [-0.25, -0.2) is 0 Å². The van der Waals surface area contributed by atoms with Crippen LogP contribution in [0.2, 0.25) is 0 Å². The van der Waals surface area contributed by atoms with Crippen molar-refractivity contribution in [3.8, 4) is 5.75 Å². The second-order valence-corrected chi connectivity index (χ2v) is 6.84. The number of nitrogens with zero attached hydrogens (tertiary/aromatic N) is 1. The maximum Gasteiger partial charge on any atom is 0.248 e. The topological polar surface area (TPSA) is 71.6 Å². The summed E-state index contributed by atoms with van der Waals surface area (Å²) in [4.78, 5) is 29.9. The van der Waals surface area contributed by atoms with Crippen molar-refractivity contribution in [3.05, 3.63) is 58.0 Å². The van der Waals surface area contributed by atoms with E-state index in [1.807, 2.05) is 29.2 Å². The van der Waals surface area contributed by atoms with E-state index >= 15 is 0 Å². The van der Waals surface area contributed by atoms with Crippen LogP contribution in [-0.4, -0.2) is 36.8 Å². The van der Waals surface area contributed by atoms with Crippen LogP contribution in [0, 0.1) is 0 Å². The Hall–Kier alpha value is -2.60. The molecule has 1 saturated heterocycles. The number of ether oxygens (including phenoxy) is 2. The van der Waals surface area contributed by atoms with Crippen molar-refractivity contribution in [1.29, 1.82) is 0 Å². The molecule has 1 aromatic heterocycles. The SMILES string of the molecule is O=C1N(CC2CCCO2)c2ccccc2C12COc1c[nH]c(=O)cc12. The van der Waals surface area contributed by atoms with E-state index in [2.05, 4.69) is 4.98 Å². The Morgan fingerprint density at radius 2 is 2.12 bits per heavy atom. The predicted molar refractivity (Wildman–Crippen MR) is 91.1 cm³/mol. The summed E-state index contributed by atoms with van der Waals surface area (Å²) in [6.45, 7) is 1.51. The molecule has 25 heavy (non-hydrogen) atoms. The number of aromatic amines is 1. The molecule has 5 rings (SSSR count). The molecule has 2 atom stereocenters. The number of hydrogen-bond acceptors (Lipinski definition) is 4. The van der Waals surface area contributed by atoms with Gasteiger partial charge < -0.3 is 19.4 Å². The van der Waals surface area contributed by atoms with Crippen molar-refractivity contribution in [2.24, 2.45) is 0 Å². The zero-order chi connectivity index (χ0) is 17.0. The Labute approximate surface area is 144 Å². The molecule has 0 radical (unpaired) electrons. The van der Waals surface area contributed by atoms with Crippen LogP contribution >= 0.6 is 0 Å². The molecule has 1 fully saturated rings. The van der Waals surface area contributed by atoms with Gasteiger partial charge in [-0.3, -0.25) is 9.59 Å². The van der Waals surface area contributed by atoms with Crippen LogP contribution in [0.1, 0.15) is 24.0 Å². The predicted octanol–water partition coefficient (Wildman–Crippen LogP) is 1.58. The summed E-state index contributed by atoms with van der Waals surface area (Å²) in [5, 5.41) is 0. The normalized spacial score (nSPS) is 26.8. The number of aromatic nitrogens is 1. The van der Waals surface area contributed by atoms with E-state index in [1.54, 1.807) is 6.20 Å². The Kier molecular flexibility index (Phi) is 3.06. The Bertz CT molecular complexity index is 916. The molecule has 3 aliphatic rings. The highest BCUT2D eigenvalue weighted by Crippen LogP contribution is 2.51. The molecule has 0 bridgehead atoms. The lowest BCUT2D eigenvalue weighted by atomic mass is 9.77. The average molecular weight is 338 g/mol. The lowest BCUT2D eigenvalue weighted by molar-refractivity contribution is -0.122. The van der Waals surface area contributed by atoms with Gasteiger partial charge in [0.2, 0.25) is 11.5 Å². The molecule has 4 heterocycles. The fraction of sp³-hybridized carbons (Fsp3) is 0.368. The van der Waals surface area contributed by atoms with E-state index in [0.717, 1.165) is 30.7 Å². The summed E-state index contributed by atoms with van der Waals surface area (Å²) in [6.07, 6.45) is 3.60. The van der Waals surface area contributed by atoms with Crippen molar-refractivity contribution < 1.29 is 14.3 Å². The minimum Gasteiger partial charge on any atom is -0.490 e. The van der Waals surface area contributed by atoms with Gasteiger partial charge in [-0.15, -0.1) is 0 Å². The van der Waals surface area contributed by atoms with Crippen LogP contribution in [0.4, 0.5) is 5.69 Å². The first kappa shape index (κ1) is 14.7. The summed E-state index contributed by atoms with van der Waals surface area (Å²) < 4.78 is 11.5. The molecular formula is C19H18N2O4. The molecular weight excluding hydrogens is 320 g/mol. The molecule has 1 aromatic carbocycles. The Balaban J connectivity index is 1.66. The molecule has 3 aliphatic heterocycles. The number of amides is 1. The second-order valence-electron chi connectivity index (χ2n) is 6.84. The van der Waals surface area contributed by atoms with Gasteiger partial charge in [-0.1, -0.05) is 18.2 Å².